The summed E-state index contributed by atoms with van der Waals surface area (Å²) < 4.78 is 4.85. The third kappa shape index (κ3) is 8.31. The lowest BCUT2D eigenvalue weighted by Crippen LogP contribution is -2.00. The predicted octanol–water partition coefficient (Wildman–Crippen LogP) is 21.0. The van der Waals surface area contributed by atoms with Crippen LogP contribution in [0.5, 0.6) is 0 Å². The standard InChI is InChI=1S/C84H50N8/c1-6-20-51(21-7-1)60-42-61(52-22-8-2-9-23-52)44-62(43-60)59-39-41-76-68(46-59)72-50-64(84-87-79(54-24-10-3-11-25-54)85-80(88-84)55-26-12-4-13-27-55)49-71-67-45-58(38-40-75(67)92(76)78(71)72)53-34-36-57(37-35-53)82-86-81(56-28-14-5-15-29-56)89-83(90-82)63-47-69-65-30-16-18-32-73(65)91-74-33-19-17-31-66(74)70(48-63)77(69)91/h1-50H. The quantitative estimate of drug-likeness (QED) is 0.136. The van der Waals surface area contributed by atoms with Crippen molar-refractivity contribution in [3.8, 4) is 113 Å². The van der Waals surface area contributed by atoms with Crippen molar-refractivity contribution < 1.29 is 0 Å². The Morgan fingerprint density at radius 3 is 0.772 bits per heavy atom. The minimum Gasteiger partial charge on any atom is -0.308 e. The Morgan fingerprint density at radius 1 is 0.152 bits per heavy atom. The fourth-order valence-corrected chi connectivity index (χ4v) is 14.1. The Bertz CT molecular complexity index is 5890. The molecule has 0 atom stereocenters. The molecule has 13 aromatic carbocycles. The molecule has 0 spiro atoms. The van der Waals surface area contributed by atoms with Crippen molar-refractivity contribution in [1.29, 1.82) is 0 Å². The van der Waals surface area contributed by atoms with Gasteiger partial charge in [-0.2, -0.15) is 0 Å². The molecule has 0 unspecified atom stereocenters. The maximum Gasteiger partial charge on any atom is 0.164 e. The van der Waals surface area contributed by atoms with Crippen LogP contribution in [0.3, 0.4) is 0 Å². The second kappa shape index (κ2) is 20.5. The molecule has 0 amide bonds. The molecule has 0 aliphatic carbocycles. The van der Waals surface area contributed by atoms with Gasteiger partial charge in [0, 0.05) is 76.5 Å². The fourth-order valence-electron chi connectivity index (χ4n) is 14.1. The minimum atomic E-state index is 0.603. The molecule has 0 bridgehead atoms. The van der Waals surface area contributed by atoms with E-state index in [-0.39, 0.29) is 0 Å². The Balaban J connectivity index is 0.772. The van der Waals surface area contributed by atoms with Crippen molar-refractivity contribution in [1.82, 2.24) is 38.7 Å². The fraction of sp³-hybridized carbons (Fsp3) is 0. The van der Waals surface area contributed by atoms with E-state index in [4.69, 9.17) is 29.9 Å². The van der Waals surface area contributed by atoms with E-state index in [1.165, 1.54) is 60.3 Å². The van der Waals surface area contributed by atoms with Gasteiger partial charge in [0.25, 0.3) is 0 Å². The Hall–Kier alpha value is -12.5. The molecule has 92 heavy (non-hydrogen) atoms. The molecule has 19 rings (SSSR count). The van der Waals surface area contributed by atoms with E-state index in [1.54, 1.807) is 0 Å². The molecule has 426 valence electrons. The Labute approximate surface area is 528 Å². The summed E-state index contributed by atoms with van der Waals surface area (Å²) in [5, 5.41) is 9.25. The van der Waals surface area contributed by atoms with Crippen molar-refractivity contribution in [3.63, 3.8) is 0 Å². The van der Waals surface area contributed by atoms with E-state index in [0.29, 0.717) is 34.9 Å². The Kier molecular flexibility index (Phi) is 11.5. The molecule has 0 N–H and O–H groups in total. The van der Waals surface area contributed by atoms with E-state index in [0.717, 1.165) is 93.7 Å². The van der Waals surface area contributed by atoms with Crippen molar-refractivity contribution in [2.24, 2.45) is 0 Å². The summed E-state index contributed by atoms with van der Waals surface area (Å²) in [6.07, 6.45) is 0. The van der Waals surface area contributed by atoms with Crippen LogP contribution >= 0.6 is 0 Å². The molecule has 0 aliphatic heterocycles. The second-order valence-corrected chi connectivity index (χ2v) is 23.8. The van der Waals surface area contributed by atoms with Gasteiger partial charge in [-0.25, -0.2) is 29.9 Å². The summed E-state index contributed by atoms with van der Waals surface area (Å²) in [6.45, 7) is 0. The maximum atomic E-state index is 5.32. The van der Waals surface area contributed by atoms with E-state index in [9.17, 15) is 0 Å². The monoisotopic (exact) mass is 1170 g/mol. The average molecular weight is 1170 g/mol. The van der Waals surface area contributed by atoms with Crippen molar-refractivity contribution in [3.05, 3.63) is 303 Å². The van der Waals surface area contributed by atoms with Gasteiger partial charge in [-0.05, 0) is 123 Å². The van der Waals surface area contributed by atoms with Crippen LogP contribution in [0.25, 0.3) is 189 Å². The highest BCUT2D eigenvalue weighted by atomic mass is 15.0. The molecule has 8 heteroatoms. The van der Waals surface area contributed by atoms with Gasteiger partial charge in [0.15, 0.2) is 34.9 Å². The number of hydrogen-bond acceptors (Lipinski definition) is 6. The summed E-state index contributed by atoms with van der Waals surface area (Å²) in [5.74, 6) is 3.68. The van der Waals surface area contributed by atoms with Crippen LogP contribution in [0, 0.1) is 0 Å². The lowest BCUT2D eigenvalue weighted by Gasteiger charge is -2.12. The highest BCUT2D eigenvalue weighted by molar-refractivity contribution is 6.26. The van der Waals surface area contributed by atoms with Gasteiger partial charge in [-0.1, -0.05) is 224 Å². The van der Waals surface area contributed by atoms with E-state index < -0.39 is 0 Å². The number of para-hydroxylation sites is 2. The number of rotatable bonds is 10. The normalized spacial score (nSPS) is 11.9. The number of benzene rings is 13. The summed E-state index contributed by atoms with van der Waals surface area (Å²) in [7, 11) is 0. The van der Waals surface area contributed by atoms with E-state index >= 15 is 0 Å². The maximum absolute atomic E-state index is 5.32. The van der Waals surface area contributed by atoms with Crippen LogP contribution in [0.1, 0.15) is 0 Å². The molecular weight excluding hydrogens is 1120 g/mol. The molecular formula is C84H50N8. The van der Waals surface area contributed by atoms with Gasteiger partial charge in [0.1, 0.15) is 0 Å². The van der Waals surface area contributed by atoms with Crippen LogP contribution in [-0.2, 0) is 0 Å². The van der Waals surface area contributed by atoms with Crippen LogP contribution in [-0.4, -0.2) is 38.7 Å². The SMILES string of the molecule is c1ccc(-c2cc(-c3ccccc3)cc(-c3ccc4c(c3)c3cc(-c5nc(-c6ccccc6)nc(-c6ccccc6)n5)cc5c6cc(-c7ccc(-c8nc(-c9ccccc9)nc(-c9cc%10c%11ccccc%11n%11c%12ccccc%12c(c9)c%10%11)n8)cc7)ccc6n4c53)c2)cc1. The van der Waals surface area contributed by atoms with Gasteiger partial charge in [0.2, 0.25) is 0 Å². The number of hydrogen-bond donors (Lipinski definition) is 0. The second-order valence-electron chi connectivity index (χ2n) is 23.8. The minimum absolute atomic E-state index is 0.603. The number of fused-ring (bicyclic) bond motifs is 12. The van der Waals surface area contributed by atoms with Gasteiger partial charge in [-0.15, -0.1) is 0 Å². The average Bonchev–Trinajstić information content (AvgIpc) is 1.55. The lowest BCUT2D eigenvalue weighted by atomic mass is 9.92. The molecule has 6 aromatic heterocycles. The third-order valence-electron chi connectivity index (χ3n) is 18.4. The van der Waals surface area contributed by atoms with Gasteiger partial charge < -0.3 is 8.80 Å². The largest absolute Gasteiger partial charge is 0.308 e. The molecule has 19 aromatic rings. The van der Waals surface area contributed by atoms with Crippen LogP contribution in [0.2, 0.25) is 0 Å². The topological polar surface area (TPSA) is 86.2 Å². The first-order valence-corrected chi connectivity index (χ1v) is 31.1. The zero-order valence-corrected chi connectivity index (χ0v) is 49.4. The summed E-state index contributed by atoms with van der Waals surface area (Å²) in [6, 6.07) is 108. The molecule has 0 aliphatic rings. The van der Waals surface area contributed by atoms with Crippen molar-refractivity contribution >= 4 is 76.2 Å². The first kappa shape index (κ1) is 51.5. The third-order valence-corrected chi connectivity index (χ3v) is 18.4. The highest BCUT2D eigenvalue weighted by Crippen LogP contribution is 2.46. The first-order chi connectivity index (χ1) is 45.6. The number of nitrogens with zero attached hydrogens (tertiary/aromatic N) is 8. The Morgan fingerprint density at radius 2 is 0.391 bits per heavy atom. The van der Waals surface area contributed by atoms with Crippen LogP contribution < -0.4 is 0 Å². The molecule has 0 radical (unpaired) electrons. The molecule has 0 saturated heterocycles. The lowest BCUT2D eigenvalue weighted by molar-refractivity contribution is 1.07. The van der Waals surface area contributed by atoms with E-state index in [2.05, 4.69) is 258 Å². The smallest absolute Gasteiger partial charge is 0.164 e. The van der Waals surface area contributed by atoms with E-state index in [1.807, 2.05) is 54.6 Å². The summed E-state index contributed by atoms with van der Waals surface area (Å²) >= 11 is 0. The van der Waals surface area contributed by atoms with Gasteiger partial charge in [-0.3, -0.25) is 0 Å². The first-order valence-electron chi connectivity index (χ1n) is 31.1. The van der Waals surface area contributed by atoms with Gasteiger partial charge >= 0.3 is 0 Å². The van der Waals surface area contributed by atoms with Crippen LogP contribution in [0.15, 0.2) is 303 Å². The molecule has 0 saturated carbocycles. The predicted molar refractivity (Wildman–Crippen MR) is 377 cm³/mol. The van der Waals surface area contributed by atoms with Crippen molar-refractivity contribution in [2.45, 2.75) is 0 Å². The van der Waals surface area contributed by atoms with Crippen molar-refractivity contribution in [2.75, 3.05) is 0 Å². The molecule has 8 nitrogen and oxygen atoms in total. The highest BCUT2D eigenvalue weighted by Gasteiger charge is 2.24. The summed E-state index contributed by atoms with van der Waals surface area (Å²) in [4.78, 5) is 31.4. The van der Waals surface area contributed by atoms with Gasteiger partial charge in [0.05, 0.1) is 33.1 Å². The molecule has 0 fully saturated rings. The zero-order chi connectivity index (χ0) is 60.4. The molecule has 6 heterocycles. The number of aromatic nitrogens is 8. The van der Waals surface area contributed by atoms with Crippen LogP contribution in [0.4, 0.5) is 0 Å². The summed E-state index contributed by atoms with van der Waals surface area (Å²) in [5.41, 5.74) is 21.6. The zero-order valence-electron chi connectivity index (χ0n) is 49.4.